The van der Waals surface area contributed by atoms with E-state index in [2.05, 4.69) is 15.3 Å². The van der Waals surface area contributed by atoms with Crippen LogP contribution >= 0.6 is 22.7 Å². The van der Waals surface area contributed by atoms with Gasteiger partial charge in [0.2, 0.25) is 5.82 Å². The lowest BCUT2D eigenvalue weighted by Gasteiger charge is -2.32. The number of nitrogens with one attached hydrogen (secondary N) is 2. The first-order chi connectivity index (χ1) is 17.4. The molecule has 0 atom stereocenters. The Kier molecular flexibility index (Phi) is 5.31. The third-order valence-electron chi connectivity index (χ3n) is 6.42. The van der Waals surface area contributed by atoms with E-state index in [0.29, 0.717) is 29.0 Å². The van der Waals surface area contributed by atoms with Crippen LogP contribution in [0, 0.1) is 0 Å². The van der Waals surface area contributed by atoms with E-state index in [0.717, 1.165) is 33.6 Å². The molecular formula is C25H19N5O4S2. The van der Waals surface area contributed by atoms with Gasteiger partial charge in [0, 0.05) is 35.5 Å². The minimum absolute atomic E-state index is 0.0265. The van der Waals surface area contributed by atoms with E-state index in [1.165, 1.54) is 11.3 Å². The number of fused-ring (bicyclic) bond motifs is 2. The second-order valence-electron chi connectivity index (χ2n) is 8.60. The van der Waals surface area contributed by atoms with Gasteiger partial charge in [0.25, 0.3) is 22.3 Å². The number of anilines is 2. The molecule has 9 nitrogen and oxygen atoms in total. The van der Waals surface area contributed by atoms with Gasteiger partial charge in [-0.1, -0.05) is 24.3 Å². The predicted molar refractivity (Wildman–Crippen MR) is 142 cm³/mol. The fraction of sp³-hybridized carbons (Fsp3) is 0.160. The molecule has 0 radical (unpaired) electrons. The minimum Gasteiger partial charge on any atom is -0.394 e. The van der Waals surface area contributed by atoms with Crippen molar-refractivity contribution in [3.05, 3.63) is 94.4 Å². The Labute approximate surface area is 211 Å². The lowest BCUT2D eigenvalue weighted by molar-refractivity contribution is 0.0940. The van der Waals surface area contributed by atoms with Gasteiger partial charge in [-0.05, 0) is 34.6 Å². The number of H-pyrrole nitrogens is 1. The van der Waals surface area contributed by atoms with Crippen molar-refractivity contribution in [2.75, 3.05) is 17.2 Å². The Morgan fingerprint density at radius 3 is 2.78 bits per heavy atom. The third kappa shape index (κ3) is 3.64. The van der Waals surface area contributed by atoms with Gasteiger partial charge in [0.05, 0.1) is 5.39 Å². The van der Waals surface area contributed by atoms with Gasteiger partial charge in [-0.25, -0.2) is 4.98 Å². The van der Waals surface area contributed by atoms with Gasteiger partial charge in [-0.15, -0.1) is 22.7 Å². The number of hydrogen-bond acceptors (Lipinski definition) is 9. The second kappa shape index (κ2) is 8.54. The van der Waals surface area contributed by atoms with Crippen LogP contribution < -0.4 is 32.4 Å². The molecule has 3 aromatic heterocycles. The number of aromatic nitrogens is 2. The van der Waals surface area contributed by atoms with Crippen LogP contribution in [0.25, 0.3) is 20.7 Å². The van der Waals surface area contributed by atoms with E-state index in [1.807, 2.05) is 46.0 Å². The van der Waals surface area contributed by atoms with E-state index in [-0.39, 0.29) is 23.6 Å². The number of carbonyl (C=O) groups is 1. The molecule has 1 aliphatic heterocycles. The van der Waals surface area contributed by atoms with Gasteiger partial charge in [0.15, 0.2) is 0 Å². The molecule has 4 heterocycles. The highest BCUT2D eigenvalue weighted by molar-refractivity contribution is 7.18. The molecule has 1 amide bonds. The maximum Gasteiger partial charge on any atom is 0.287 e. The summed E-state index contributed by atoms with van der Waals surface area (Å²) >= 11 is 2.87. The van der Waals surface area contributed by atoms with Gasteiger partial charge < -0.3 is 20.9 Å². The van der Waals surface area contributed by atoms with Crippen molar-refractivity contribution in [3.63, 3.8) is 0 Å². The summed E-state index contributed by atoms with van der Waals surface area (Å²) in [6, 6.07) is 9.77. The van der Waals surface area contributed by atoms with Gasteiger partial charge >= 0.3 is 0 Å². The largest absolute Gasteiger partial charge is 0.394 e. The summed E-state index contributed by atoms with van der Waals surface area (Å²) in [5.41, 5.74) is 8.39. The standard InChI is InChI=1S/C25H19N5O4S2/c26-18-19(21(32)20(18)31)30-6-5-13-4-3-12(8-14(13)10-30)9-27-24(34)22-28-23(33)17-15(11-36-25(17)29-22)16-2-1-7-35-16/h1-4,7-8,11H,5-6,9-10,26H2,(H,27,34)(H,28,29,33). The number of rotatable bonds is 5. The Morgan fingerprint density at radius 1 is 1.14 bits per heavy atom. The number of amides is 1. The summed E-state index contributed by atoms with van der Waals surface area (Å²) in [6.45, 7) is 1.31. The number of thiophene rings is 2. The Morgan fingerprint density at radius 2 is 2.00 bits per heavy atom. The van der Waals surface area contributed by atoms with Crippen LogP contribution in [0.5, 0.6) is 0 Å². The summed E-state index contributed by atoms with van der Waals surface area (Å²) in [5.74, 6) is -0.511. The van der Waals surface area contributed by atoms with Crippen LogP contribution in [0.2, 0.25) is 0 Å². The molecule has 180 valence electrons. The molecule has 2 aromatic carbocycles. The van der Waals surface area contributed by atoms with Crippen LogP contribution in [0.1, 0.15) is 27.3 Å². The van der Waals surface area contributed by atoms with Crippen molar-refractivity contribution in [3.8, 4) is 10.4 Å². The lowest BCUT2D eigenvalue weighted by atomic mass is 9.96. The number of nitrogens with zero attached hydrogens (tertiary/aromatic N) is 2. The molecule has 0 unspecified atom stereocenters. The fourth-order valence-corrected chi connectivity index (χ4v) is 6.32. The van der Waals surface area contributed by atoms with E-state index in [1.54, 1.807) is 11.3 Å². The van der Waals surface area contributed by atoms with E-state index >= 15 is 0 Å². The van der Waals surface area contributed by atoms with Crippen LogP contribution in [-0.2, 0) is 19.5 Å². The summed E-state index contributed by atoms with van der Waals surface area (Å²) in [7, 11) is 0. The zero-order chi connectivity index (χ0) is 25.0. The molecular weight excluding hydrogens is 498 g/mol. The highest BCUT2D eigenvalue weighted by atomic mass is 32.1. The van der Waals surface area contributed by atoms with E-state index < -0.39 is 16.8 Å². The SMILES string of the molecule is Nc1c(N2CCc3ccc(CNC(=O)c4nc5scc(-c6cccs6)c5c(=O)[nH]4)cc3C2)c(=O)c1=O. The quantitative estimate of drug-likeness (QED) is 0.304. The summed E-state index contributed by atoms with van der Waals surface area (Å²) in [6.07, 6.45) is 0.722. The van der Waals surface area contributed by atoms with Crippen molar-refractivity contribution in [2.24, 2.45) is 0 Å². The summed E-state index contributed by atoms with van der Waals surface area (Å²) in [4.78, 5) is 59.3. The van der Waals surface area contributed by atoms with Crippen molar-refractivity contribution in [1.82, 2.24) is 15.3 Å². The first kappa shape index (κ1) is 22.4. The number of aromatic amines is 1. The van der Waals surface area contributed by atoms with E-state index in [9.17, 15) is 19.2 Å². The Bertz CT molecular complexity index is 1780. The van der Waals surface area contributed by atoms with Crippen molar-refractivity contribution < 1.29 is 4.79 Å². The maximum atomic E-state index is 12.8. The number of carbonyl (C=O) groups excluding carboxylic acids is 1. The fourth-order valence-electron chi connectivity index (χ4n) is 4.56. The molecule has 1 aliphatic rings. The van der Waals surface area contributed by atoms with Gasteiger partial charge in [0.1, 0.15) is 16.2 Å². The minimum atomic E-state index is -0.623. The molecule has 0 fully saturated rings. The number of hydrogen-bond donors (Lipinski definition) is 3. The molecule has 6 rings (SSSR count). The van der Waals surface area contributed by atoms with Crippen LogP contribution in [0.3, 0.4) is 0 Å². The molecule has 0 spiro atoms. The van der Waals surface area contributed by atoms with Gasteiger partial charge in [-0.2, -0.15) is 0 Å². The topological polar surface area (TPSA) is 138 Å². The molecule has 5 aromatic rings. The van der Waals surface area contributed by atoms with E-state index in [4.69, 9.17) is 5.73 Å². The molecule has 11 heteroatoms. The molecule has 0 saturated heterocycles. The molecule has 0 bridgehead atoms. The van der Waals surface area contributed by atoms with Crippen LogP contribution in [0.4, 0.5) is 11.4 Å². The molecule has 0 aliphatic carbocycles. The number of benzene rings is 1. The summed E-state index contributed by atoms with van der Waals surface area (Å²) < 4.78 is 0. The number of nitrogens with two attached hydrogens (primary N) is 1. The first-order valence-electron chi connectivity index (χ1n) is 11.2. The van der Waals surface area contributed by atoms with Crippen molar-refractivity contribution in [1.29, 1.82) is 0 Å². The van der Waals surface area contributed by atoms with Crippen LogP contribution in [-0.4, -0.2) is 22.4 Å². The van der Waals surface area contributed by atoms with Gasteiger partial charge in [-0.3, -0.25) is 19.2 Å². The zero-order valence-electron chi connectivity index (χ0n) is 18.8. The normalized spacial score (nSPS) is 13.3. The lowest BCUT2D eigenvalue weighted by Crippen LogP contribution is -2.44. The Hall–Kier alpha value is -4.09. The molecule has 4 N–H and O–H groups in total. The predicted octanol–water partition coefficient (Wildman–Crippen LogP) is 2.38. The third-order valence-corrected chi connectivity index (χ3v) is 8.19. The monoisotopic (exact) mass is 517 g/mol. The highest BCUT2D eigenvalue weighted by Crippen LogP contribution is 2.33. The Balaban J connectivity index is 1.18. The van der Waals surface area contributed by atoms with Crippen LogP contribution in [0.15, 0.2) is 55.5 Å². The highest BCUT2D eigenvalue weighted by Gasteiger charge is 2.27. The molecule has 0 saturated carbocycles. The average Bonchev–Trinajstić information content (AvgIpc) is 3.57. The average molecular weight is 518 g/mol. The smallest absolute Gasteiger partial charge is 0.287 e. The van der Waals surface area contributed by atoms with Crippen molar-refractivity contribution >= 4 is 50.2 Å². The zero-order valence-corrected chi connectivity index (χ0v) is 20.4. The molecule has 36 heavy (non-hydrogen) atoms. The number of nitrogen functional groups attached to an aromatic ring is 1. The second-order valence-corrected chi connectivity index (χ2v) is 10.4. The van der Waals surface area contributed by atoms with Crippen molar-refractivity contribution in [2.45, 2.75) is 19.5 Å². The first-order valence-corrected chi connectivity index (χ1v) is 12.9. The maximum absolute atomic E-state index is 12.8. The summed E-state index contributed by atoms with van der Waals surface area (Å²) in [5, 5.41) is 7.13.